The third-order valence-electron chi connectivity index (χ3n) is 2.09. The maximum absolute atomic E-state index is 3.35. The van der Waals surface area contributed by atoms with Crippen molar-refractivity contribution >= 4 is 0 Å². The second-order valence-electron chi connectivity index (χ2n) is 2.78. The normalized spacial score (nSPS) is 28.9. The standard InChI is InChI=1S/C8H11N.2ClH.Ti/c1-9-7-6-8-4-2-3-5-8;;;/h2-4,6-7,9H,5H2,1H3;2*1H;/q;;;+2/p-2. The van der Waals surface area contributed by atoms with Crippen LogP contribution in [0.1, 0.15) is 6.42 Å². The van der Waals surface area contributed by atoms with Crippen LogP contribution in [0.15, 0.2) is 23.8 Å². The van der Waals surface area contributed by atoms with Crippen molar-refractivity contribution in [1.29, 1.82) is 0 Å². The Morgan fingerprint density at radius 1 is 1.50 bits per heavy atom. The Morgan fingerprint density at radius 3 is 2.67 bits per heavy atom. The van der Waals surface area contributed by atoms with E-state index in [0.717, 1.165) is 8.57 Å². The van der Waals surface area contributed by atoms with Gasteiger partial charge >= 0.3 is 70.3 Å². The first-order chi connectivity index (χ1) is 4.92. The average molecular weight is 240 g/mol. The maximum Gasteiger partial charge on any atom is -1.00 e. The molecule has 1 heterocycles. The first-order valence-corrected chi connectivity index (χ1v) is 5.51. The van der Waals surface area contributed by atoms with E-state index in [1.54, 1.807) is 5.57 Å². The number of rotatable bonds is 2. The number of hydrogen-bond donors (Lipinski definition) is 1. The molecule has 0 aromatic carbocycles. The van der Waals surface area contributed by atoms with Crippen molar-refractivity contribution in [2.75, 3.05) is 7.05 Å². The van der Waals surface area contributed by atoms with Gasteiger partial charge in [0.15, 0.2) is 0 Å². The molecule has 1 fully saturated rings. The third-order valence-corrected chi connectivity index (χ3v) is 4.69. The van der Waals surface area contributed by atoms with Crippen molar-refractivity contribution in [3.8, 4) is 0 Å². The Labute approximate surface area is 94.8 Å². The van der Waals surface area contributed by atoms with Crippen molar-refractivity contribution in [2.24, 2.45) is 0 Å². The van der Waals surface area contributed by atoms with E-state index in [1.165, 1.54) is 6.42 Å². The second-order valence-corrected chi connectivity index (χ2v) is 5.25. The van der Waals surface area contributed by atoms with E-state index in [4.69, 9.17) is 0 Å². The molecule has 2 atom stereocenters. The summed E-state index contributed by atoms with van der Waals surface area (Å²) in [5.74, 6) is 0. The van der Waals surface area contributed by atoms with Crippen LogP contribution < -0.4 is 30.1 Å². The number of nitrogens with one attached hydrogen (secondary N) is 1. The van der Waals surface area contributed by atoms with Gasteiger partial charge in [-0.05, 0) is 0 Å². The first kappa shape index (κ1) is 12.7. The summed E-state index contributed by atoms with van der Waals surface area (Å²) in [4.78, 5) is 0. The summed E-state index contributed by atoms with van der Waals surface area (Å²) >= 11 is 0.356. The number of allylic oxidation sites excluding steroid dienone is 3. The molecule has 2 aliphatic rings. The Kier molecular flexibility index (Phi) is 5.80. The monoisotopic (exact) mass is 239 g/mol. The largest absolute Gasteiger partial charge is 1.00 e. The molecule has 0 radical (unpaired) electrons. The zero-order valence-electron chi connectivity index (χ0n) is 6.85. The van der Waals surface area contributed by atoms with Gasteiger partial charge in [-0.1, -0.05) is 0 Å². The molecule has 66 valence electrons. The van der Waals surface area contributed by atoms with E-state index in [0.29, 0.717) is 19.2 Å². The maximum atomic E-state index is 3.35. The smallest absolute Gasteiger partial charge is 1.00 e. The van der Waals surface area contributed by atoms with E-state index >= 15 is 0 Å². The summed E-state index contributed by atoms with van der Waals surface area (Å²) in [7, 11) is 2.08. The molecule has 0 bridgehead atoms. The van der Waals surface area contributed by atoms with Gasteiger partial charge in [-0.3, -0.25) is 0 Å². The third kappa shape index (κ3) is 2.61. The van der Waals surface area contributed by atoms with Crippen molar-refractivity contribution in [3.63, 3.8) is 0 Å². The molecular formula is C8H11Cl2NTi. The molecule has 0 aromatic heterocycles. The van der Waals surface area contributed by atoms with Gasteiger partial charge in [-0.2, -0.15) is 0 Å². The number of hydrogen-bond acceptors (Lipinski definition) is 1. The van der Waals surface area contributed by atoms with Crippen LogP contribution in [0.4, 0.5) is 0 Å². The Morgan fingerprint density at radius 2 is 2.25 bits per heavy atom. The minimum atomic E-state index is 0. The van der Waals surface area contributed by atoms with Crippen molar-refractivity contribution in [1.82, 2.24) is 5.32 Å². The van der Waals surface area contributed by atoms with Gasteiger partial charge in [0.05, 0.1) is 0 Å². The van der Waals surface area contributed by atoms with Gasteiger partial charge in [-0.25, -0.2) is 0 Å². The zero-order chi connectivity index (χ0) is 6.97. The SMILES string of the molecule is CN[CH]1[Ti+2][CH]1C1=CC=CC1.[Cl-].[Cl-]. The van der Waals surface area contributed by atoms with Gasteiger partial charge in [0.25, 0.3) is 0 Å². The molecule has 0 amide bonds. The van der Waals surface area contributed by atoms with Crippen LogP contribution in [-0.4, -0.2) is 11.4 Å². The quantitative estimate of drug-likeness (QED) is 0.478. The van der Waals surface area contributed by atoms with Crippen LogP contribution in [0.2, 0.25) is 4.22 Å². The Hall–Kier alpha value is 0.734. The second kappa shape index (κ2) is 5.46. The topological polar surface area (TPSA) is 12.0 Å². The molecule has 0 saturated carbocycles. The molecule has 4 heteroatoms. The van der Waals surface area contributed by atoms with Crippen molar-refractivity contribution in [2.45, 2.75) is 15.0 Å². The minimum Gasteiger partial charge on any atom is -1.00 e. The predicted octanol–water partition coefficient (Wildman–Crippen LogP) is -4.69. The van der Waals surface area contributed by atoms with Crippen LogP contribution in [0.3, 0.4) is 0 Å². The summed E-state index contributed by atoms with van der Waals surface area (Å²) in [5, 5.41) is 3.35. The summed E-state index contributed by atoms with van der Waals surface area (Å²) in [6, 6.07) is 0. The molecule has 0 spiro atoms. The van der Waals surface area contributed by atoms with Crippen LogP contribution in [0.5, 0.6) is 0 Å². The molecular weight excluding hydrogens is 229 g/mol. The van der Waals surface area contributed by atoms with E-state index in [9.17, 15) is 0 Å². The zero-order valence-corrected chi connectivity index (χ0v) is 9.92. The van der Waals surface area contributed by atoms with Crippen LogP contribution in [0.25, 0.3) is 0 Å². The van der Waals surface area contributed by atoms with Crippen LogP contribution in [0, 0.1) is 0 Å². The predicted molar refractivity (Wildman–Crippen MR) is 38.4 cm³/mol. The van der Waals surface area contributed by atoms with Gasteiger partial charge < -0.3 is 24.8 Å². The number of halogens is 2. The van der Waals surface area contributed by atoms with Crippen LogP contribution >= 0.6 is 0 Å². The summed E-state index contributed by atoms with van der Waals surface area (Å²) in [5.41, 5.74) is 1.68. The van der Waals surface area contributed by atoms with Crippen molar-refractivity contribution < 1.29 is 44.0 Å². The summed E-state index contributed by atoms with van der Waals surface area (Å²) in [6.45, 7) is 0. The summed E-state index contributed by atoms with van der Waals surface area (Å²) in [6.07, 6.45) is 7.97. The molecule has 1 saturated heterocycles. The van der Waals surface area contributed by atoms with Gasteiger partial charge in [0.2, 0.25) is 0 Å². The summed E-state index contributed by atoms with van der Waals surface area (Å²) < 4.78 is 1.89. The molecule has 1 N–H and O–H groups in total. The van der Waals surface area contributed by atoms with Gasteiger partial charge in [0.1, 0.15) is 0 Å². The molecule has 1 nitrogen and oxygen atoms in total. The molecule has 12 heavy (non-hydrogen) atoms. The fourth-order valence-corrected chi connectivity index (χ4v) is 3.36. The fourth-order valence-electron chi connectivity index (χ4n) is 1.40. The Balaban J connectivity index is 0.000000605. The minimum absolute atomic E-state index is 0. The van der Waals surface area contributed by atoms with E-state index in [-0.39, 0.29) is 24.8 Å². The molecule has 0 aromatic rings. The first-order valence-electron chi connectivity index (χ1n) is 3.71. The van der Waals surface area contributed by atoms with Crippen molar-refractivity contribution in [3.05, 3.63) is 23.8 Å². The molecule has 1 aliphatic heterocycles. The average Bonchev–Trinajstić information content (AvgIpc) is 2.56. The van der Waals surface area contributed by atoms with E-state index in [1.807, 2.05) is 0 Å². The van der Waals surface area contributed by atoms with Gasteiger partial charge in [0, 0.05) is 0 Å². The molecule has 1 aliphatic carbocycles. The van der Waals surface area contributed by atoms with Gasteiger partial charge in [-0.15, -0.1) is 0 Å². The fraction of sp³-hybridized carbons (Fsp3) is 0.500. The van der Waals surface area contributed by atoms with E-state index < -0.39 is 0 Å². The molecule has 2 unspecified atom stereocenters. The molecule has 2 rings (SSSR count). The van der Waals surface area contributed by atoms with Crippen LogP contribution in [-0.2, 0) is 19.2 Å². The van der Waals surface area contributed by atoms with E-state index in [2.05, 4.69) is 30.6 Å². The Bertz CT molecular complexity index is 203.